The van der Waals surface area contributed by atoms with Crippen LogP contribution in [0.25, 0.3) is 5.69 Å². The van der Waals surface area contributed by atoms with Crippen LogP contribution in [-0.4, -0.2) is 19.6 Å². The quantitative estimate of drug-likeness (QED) is 0.594. The highest BCUT2D eigenvalue weighted by molar-refractivity contribution is 5.60. The minimum Gasteiger partial charge on any atom is -0.502 e. The van der Waals surface area contributed by atoms with Gasteiger partial charge in [-0.1, -0.05) is 6.07 Å². The molecule has 0 bridgehead atoms. The number of nitro groups is 1. The summed E-state index contributed by atoms with van der Waals surface area (Å²) in [7, 11) is 0. The average Bonchev–Trinajstić information content (AvgIpc) is 2.69. The molecule has 1 heterocycles. The minimum atomic E-state index is -0.620. The summed E-state index contributed by atoms with van der Waals surface area (Å²) >= 11 is 0. The monoisotopic (exact) mass is 205 g/mol. The summed E-state index contributed by atoms with van der Waals surface area (Å²) in [5, 5.41) is 20.1. The molecule has 2 rings (SSSR count). The van der Waals surface area contributed by atoms with Crippen LogP contribution in [0.2, 0.25) is 0 Å². The first-order valence-corrected chi connectivity index (χ1v) is 4.15. The number of nitrogens with zero attached hydrogens (tertiary/aromatic N) is 3. The molecule has 1 N–H and O–H groups in total. The van der Waals surface area contributed by atoms with Gasteiger partial charge in [-0.25, -0.2) is 4.98 Å². The molecule has 0 spiro atoms. The maximum atomic E-state index is 10.7. The van der Waals surface area contributed by atoms with Crippen LogP contribution < -0.4 is 0 Å². The fraction of sp³-hybridized carbons (Fsp3) is 0. The third-order valence-electron chi connectivity index (χ3n) is 1.96. The fourth-order valence-electron chi connectivity index (χ4n) is 1.32. The van der Waals surface area contributed by atoms with E-state index in [2.05, 4.69) is 4.98 Å². The van der Waals surface area contributed by atoms with Crippen LogP contribution in [0, 0.1) is 10.1 Å². The first kappa shape index (κ1) is 9.20. The van der Waals surface area contributed by atoms with Gasteiger partial charge < -0.3 is 9.67 Å². The van der Waals surface area contributed by atoms with Gasteiger partial charge in [-0.3, -0.25) is 10.1 Å². The molecular weight excluding hydrogens is 198 g/mol. The van der Waals surface area contributed by atoms with Gasteiger partial charge in [-0.15, -0.1) is 0 Å². The number of rotatable bonds is 2. The normalized spacial score (nSPS) is 10.1. The Morgan fingerprint density at radius 2 is 2.27 bits per heavy atom. The van der Waals surface area contributed by atoms with Crippen molar-refractivity contribution in [2.75, 3.05) is 0 Å². The third kappa shape index (κ3) is 1.52. The molecule has 0 aliphatic heterocycles. The number of para-hydroxylation sites is 1. The summed E-state index contributed by atoms with van der Waals surface area (Å²) in [5.74, 6) is -0.355. The van der Waals surface area contributed by atoms with Crippen LogP contribution in [-0.2, 0) is 0 Å². The van der Waals surface area contributed by atoms with E-state index in [4.69, 9.17) is 0 Å². The maximum Gasteiger partial charge on any atom is 0.334 e. The SMILES string of the molecule is O=[N+]([O-])c1c(O)cccc1-n1ccnc1. The first-order chi connectivity index (χ1) is 7.20. The molecule has 6 nitrogen and oxygen atoms in total. The summed E-state index contributed by atoms with van der Waals surface area (Å²) in [6.45, 7) is 0. The van der Waals surface area contributed by atoms with Gasteiger partial charge in [-0.05, 0) is 12.1 Å². The van der Waals surface area contributed by atoms with Crippen molar-refractivity contribution < 1.29 is 10.0 Å². The predicted octanol–water partition coefficient (Wildman–Crippen LogP) is 1.49. The van der Waals surface area contributed by atoms with Crippen LogP contribution in [0.5, 0.6) is 5.75 Å². The highest BCUT2D eigenvalue weighted by atomic mass is 16.6. The van der Waals surface area contributed by atoms with Crippen molar-refractivity contribution in [1.29, 1.82) is 0 Å². The number of benzene rings is 1. The zero-order chi connectivity index (χ0) is 10.8. The molecule has 0 amide bonds. The van der Waals surface area contributed by atoms with Gasteiger partial charge in [0.1, 0.15) is 5.69 Å². The van der Waals surface area contributed by atoms with E-state index in [-0.39, 0.29) is 17.1 Å². The lowest BCUT2D eigenvalue weighted by Crippen LogP contribution is -1.98. The van der Waals surface area contributed by atoms with E-state index >= 15 is 0 Å². The number of aromatic nitrogens is 2. The van der Waals surface area contributed by atoms with Crippen molar-refractivity contribution >= 4 is 5.69 Å². The van der Waals surface area contributed by atoms with E-state index in [1.165, 1.54) is 29.2 Å². The lowest BCUT2D eigenvalue weighted by molar-refractivity contribution is -0.385. The molecule has 0 aliphatic carbocycles. The molecule has 0 saturated carbocycles. The van der Waals surface area contributed by atoms with Crippen LogP contribution in [0.1, 0.15) is 0 Å². The summed E-state index contributed by atoms with van der Waals surface area (Å²) in [6.07, 6.45) is 4.51. The van der Waals surface area contributed by atoms with E-state index in [1.54, 1.807) is 12.3 Å². The molecule has 0 saturated heterocycles. The van der Waals surface area contributed by atoms with Crippen LogP contribution in [0.3, 0.4) is 0 Å². The molecule has 0 unspecified atom stereocenters. The Labute approximate surface area is 84.6 Å². The predicted molar refractivity (Wildman–Crippen MR) is 51.9 cm³/mol. The number of phenols is 1. The van der Waals surface area contributed by atoms with Crippen molar-refractivity contribution in [2.45, 2.75) is 0 Å². The highest BCUT2D eigenvalue weighted by Crippen LogP contribution is 2.31. The van der Waals surface area contributed by atoms with Crippen molar-refractivity contribution in [2.24, 2.45) is 0 Å². The molecule has 0 atom stereocenters. The second-order valence-corrected chi connectivity index (χ2v) is 2.87. The van der Waals surface area contributed by atoms with Gasteiger partial charge in [0.2, 0.25) is 0 Å². The molecular formula is C9H7N3O3. The lowest BCUT2D eigenvalue weighted by atomic mass is 10.2. The Morgan fingerprint density at radius 1 is 1.47 bits per heavy atom. The minimum absolute atomic E-state index is 0.289. The Kier molecular flexibility index (Phi) is 2.09. The number of phenolic OH excluding ortho intramolecular Hbond substituents is 1. The Hall–Kier alpha value is -2.37. The van der Waals surface area contributed by atoms with Gasteiger partial charge >= 0.3 is 5.69 Å². The van der Waals surface area contributed by atoms with Crippen LogP contribution >= 0.6 is 0 Å². The Balaban J connectivity index is 2.66. The third-order valence-corrected chi connectivity index (χ3v) is 1.96. The van der Waals surface area contributed by atoms with Gasteiger partial charge in [0.25, 0.3) is 0 Å². The zero-order valence-corrected chi connectivity index (χ0v) is 7.57. The van der Waals surface area contributed by atoms with Crippen LogP contribution in [0.15, 0.2) is 36.9 Å². The summed E-state index contributed by atoms with van der Waals surface area (Å²) in [4.78, 5) is 13.9. The van der Waals surface area contributed by atoms with E-state index in [0.717, 1.165) is 0 Å². The number of hydrogen-bond donors (Lipinski definition) is 1. The summed E-state index contributed by atoms with van der Waals surface area (Å²) in [5.41, 5.74) is -0.0343. The smallest absolute Gasteiger partial charge is 0.334 e. The second kappa shape index (κ2) is 3.41. The van der Waals surface area contributed by atoms with Gasteiger partial charge in [0.15, 0.2) is 5.75 Å². The fourth-order valence-corrected chi connectivity index (χ4v) is 1.32. The van der Waals surface area contributed by atoms with Gasteiger partial charge in [0, 0.05) is 12.4 Å². The Bertz CT molecular complexity index is 493. The topological polar surface area (TPSA) is 81.2 Å². The zero-order valence-electron chi connectivity index (χ0n) is 7.57. The molecule has 1 aromatic carbocycles. The van der Waals surface area contributed by atoms with Crippen molar-refractivity contribution in [3.05, 3.63) is 47.0 Å². The van der Waals surface area contributed by atoms with E-state index in [9.17, 15) is 15.2 Å². The number of hydrogen-bond acceptors (Lipinski definition) is 4. The molecule has 76 valence electrons. The molecule has 1 aromatic heterocycles. The number of imidazole rings is 1. The Morgan fingerprint density at radius 3 is 2.87 bits per heavy atom. The number of nitro benzene ring substituents is 1. The standard InChI is InChI=1S/C9H7N3O3/c13-8-3-1-2-7(9(8)12(14)15)11-5-4-10-6-11/h1-6,13H. The molecule has 6 heteroatoms. The van der Waals surface area contributed by atoms with Crippen molar-refractivity contribution in [3.8, 4) is 11.4 Å². The molecule has 0 fully saturated rings. The molecule has 0 radical (unpaired) electrons. The highest BCUT2D eigenvalue weighted by Gasteiger charge is 2.19. The van der Waals surface area contributed by atoms with Crippen LogP contribution in [0.4, 0.5) is 5.69 Å². The lowest BCUT2D eigenvalue weighted by Gasteiger charge is -2.03. The molecule has 15 heavy (non-hydrogen) atoms. The van der Waals surface area contributed by atoms with Gasteiger partial charge in [0.05, 0.1) is 11.3 Å². The molecule has 2 aromatic rings. The number of aromatic hydroxyl groups is 1. The molecule has 0 aliphatic rings. The summed E-state index contributed by atoms with van der Waals surface area (Å²) < 4.78 is 1.47. The van der Waals surface area contributed by atoms with Crippen molar-refractivity contribution in [1.82, 2.24) is 9.55 Å². The van der Waals surface area contributed by atoms with E-state index in [1.807, 2.05) is 0 Å². The van der Waals surface area contributed by atoms with E-state index < -0.39 is 4.92 Å². The van der Waals surface area contributed by atoms with E-state index in [0.29, 0.717) is 0 Å². The maximum absolute atomic E-state index is 10.7. The van der Waals surface area contributed by atoms with Gasteiger partial charge in [-0.2, -0.15) is 0 Å². The first-order valence-electron chi connectivity index (χ1n) is 4.15. The second-order valence-electron chi connectivity index (χ2n) is 2.87. The average molecular weight is 205 g/mol. The summed E-state index contributed by atoms with van der Waals surface area (Å²) in [6, 6.07) is 4.36. The largest absolute Gasteiger partial charge is 0.502 e. The van der Waals surface area contributed by atoms with Crippen molar-refractivity contribution in [3.63, 3.8) is 0 Å².